The molecule has 0 aromatic heterocycles. The van der Waals surface area contributed by atoms with Crippen molar-refractivity contribution in [2.24, 2.45) is 0 Å². The third kappa shape index (κ3) is 7.38. The zero-order chi connectivity index (χ0) is 21.1. The lowest BCUT2D eigenvalue weighted by Crippen LogP contribution is -2.12. The maximum atomic E-state index is 12.2. The number of hydrogen-bond acceptors (Lipinski definition) is 3. The minimum Gasteiger partial charge on any atom is -0.326 e. The minimum absolute atomic E-state index is 0.00929. The molecule has 0 aliphatic rings. The molecule has 4 nitrogen and oxygen atoms in total. The number of anilines is 1. The number of amides is 1. The lowest BCUT2D eigenvalue weighted by atomic mass is 9.99. The highest BCUT2D eigenvalue weighted by Crippen LogP contribution is 2.22. The van der Waals surface area contributed by atoms with Crippen molar-refractivity contribution in [2.45, 2.75) is 26.2 Å². The first-order valence-electron chi connectivity index (χ1n) is 9.28. The molecular formula is C24H22ClNO3. The van der Waals surface area contributed by atoms with Crippen molar-refractivity contribution < 1.29 is 14.4 Å². The highest BCUT2D eigenvalue weighted by atomic mass is 35.5. The number of aryl methyl sites for hydroxylation is 2. The third-order valence-corrected chi connectivity index (χ3v) is 4.61. The molecule has 0 atom stereocenters. The van der Waals surface area contributed by atoms with Crippen LogP contribution in [0.3, 0.4) is 0 Å². The molecule has 1 N–H and O–H groups in total. The summed E-state index contributed by atoms with van der Waals surface area (Å²) in [6.45, 7) is 2.16. The van der Waals surface area contributed by atoms with Gasteiger partial charge in [0.1, 0.15) is 0 Å². The molecule has 1 amide bonds. The van der Waals surface area contributed by atoms with Gasteiger partial charge in [0.15, 0.2) is 0 Å². The van der Waals surface area contributed by atoms with Crippen molar-refractivity contribution >= 4 is 29.3 Å². The molecule has 0 aliphatic carbocycles. The first-order chi connectivity index (χ1) is 14.0. The largest absolute Gasteiger partial charge is 0.373 e. The highest BCUT2D eigenvalue weighted by Gasteiger charge is 2.05. The van der Waals surface area contributed by atoms with Gasteiger partial charge in [0.2, 0.25) is 5.91 Å². The van der Waals surface area contributed by atoms with Gasteiger partial charge in [-0.05, 0) is 53.3 Å². The van der Waals surface area contributed by atoms with Crippen LogP contribution in [0.2, 0.25) is 5.02 Å². The van der Waals surface area contributed by atoms with Crippen LogP contribution in [0.5, 0.6) is 0 Å². The third-order valence-electron chi connectivity index (χ3n) is 4.37. The number of carbonyl (C=O) groups is 1. The molecule has 3 rings (SSSR count). The minimum atomic E-state index is -0.00929. The summed E-state index contributed by atoms with van der Waals surface area (Å²) in [6, 6.07) is 24.2. The van der Waals surface area contributed by atoms with Gasteiger partial charge in [0.05, 0.1) is 0 Å². The molecule has 3 aromatic carbocycles. The number of hydrogen-bond donors (Lipinski definition) is 1. The molecule has 0 aliphatic heterocycles. The molecule has 0 fully saturated rings. The summed E-state index contributed by atoms with van der Waals surface area (Å²) in [5.41, 5.74) is 5.60. The topological polar surface area (TPSA) is 63.2 Å². The number of rotatable bonds is 6. The number of halogens is 1. The average molecular weight is 408 g/mol. The Balaban J connectivity index is 0.000000941. The van der Waals surface area contributed by atoms with E-state index in [-0.39, 0.29) is 12.1 Å². The zero-order valence-electron chi connectivity index (χ0n) is 16.2. The fourth-order valence-electron chi connectivity index (χ4n) is 2.89. The second-order valence-electron chi connectivity index (χ2n) is 6.39. The van der Waals surface area contributed by atoms with Crippen LogP contribution in [-0.4, -0.2) is 12.1 Å². The van der Waals surface area contributed by atoms with Crippen molar-refractivity contribution in [1.82, 2.24) is 0 Å². The second kappa shape index (κ2) is 11.6. The summed E-state index contributed by atoms with van der Waals surface area (Å²) < 4.78 is 0. The maximum absolute atomic E-state index is 12.2. The summed E-state index contributed by atoms with van der Waals surface area (Å²) >= 11 is 5.94. The van der Waals surface area contributed by atoms with Gasteiger partial charge in [0.25, 0.3) is 0 Å². The quantitative estimate of drug-likeness (QED) is 0.582. The summed E-state index contributed by atoms with van der Waals surface area (Å²) in [6.07, 6.45) is 2.43. The van der Waals surface area contributed by atoms with E-state index in [0.717, 1.165) is 17.7 Å². The van der Waals surface area contributed by atoms with Gasteiger partial charge in [-0.15, -0.1) is 0 Å². The van der Waals surface area contributed by atoms with Gasteiger partial charge < -0.3 is 5.32 Å². The molecule has 0 saturated heterocycles. The average Bonchev–Trinajstić information content (AvgIpc) is 2.73. The molecule has 0 heterocycles. The van der Waals surface area contributed by atoms with Crippen molar-refractivity contribution in [1.29, 1.82) is 0 Å². The van der Waals surface area contributed by atoms with E-state index in [0.29, 0.717) is 17.9 Å². The maximum Gasteiger partial charge on any atom is 0.373 e. The molecule has 5 heteroatoms. The van der Waals surface area contributed by atoms with Crippen LogP contribution in [-0.2, 0) is 27.2 Å². The van der Waals surface area contributed by atoms with Crippen molar-refractivity contribution in [3.05, 3.63) is 88.9 Å². The lowest BCUT2D eigenvalue weighted by molar-refractivity contribution is -0.191. The van der Waals surface area contributed by atoms with Crippen LogP contribution in [0.15, 0.2) is 72.8 Å². The first-order valence-corrected chi connectivity index (χ1v) is 9.66. The van der Waals surface area contributed by atoms with Gasteiger partial charge in [-0.25, -0.2) is 0 Å². The van der Waals surface area contributed by atoms with E-state index in [9.17, 15) is 4.79 Å². The van der Waals surface area contributed by atoms with Gasteiger partial charge in [-0.3, -0.25) is 4.79 Å². The fraction of sp³-hybridized carbons (Fsp3) is 0.167. The standard InChI is InChI=1S/C23H22ClNO.CO2/c1-2-17-9-12-19(13-10-17)20-6-3-5-18(15-20)11-14-23(26)25-22-8-4-7-21(24)16-22;2-1-3/h3-10,12-13,15-16H,2,11,14H2,1H3,(H,25,26);. The summed E-state index contributed by atoms with van der Waals surface area (Å²) in [7, 11) is 0. The Morgan fingerprint density at radius 2 is 1.59 bits per heavy atom. The van der Waals surface area contributed by atoms with E-state index in [1.807, 2.05) is 18.2 Å². The van der Waals surface area contributed by atoms with Gasteiger partial charge in [-0.1, -0.05) is 73.1 Å². The number of carbonyl (C=O) groups excluding carboxylic acids is 3. The fourth-order valence-corrected chi connectivity index (χ4v) is 3.08. The Morgan fingerprint density at radius 3 is 2.24 bits per heavy atom. The zero-order valence-corrected chi connectivity index (χ0v) is 16.9. The van der Waals surface area contributed by atoms with Gasteiger partial charge >= 0.3 is 6.15 Å². The molecule has 0 unspecified atom stereocenters. The Morgan fingerprint density at radius 1 is 0.897 bits per heavy atom. The monoisotopic (exact) mass is 407 g/mol. The van der Waals surface area contributed by atoms with E-state index in [1.165, 1.54) is 16.7 Å². The van der Waals surface area contributed by atoms with Crippen molar-refractivity contribution in [3.63, 3.8) is 0 Å². The Kier molecular flexibility index (Phi) is 8.84. The molecule has 148 valence electrons. The predicted molar refractivity (Wildman–Crippen MR) is 115 cm³/mol. The summed E-state index contributed by atoms with van der Waals surface area (Å²) in [5, 5.41) is 3.50. The summed E-state index contributed by atoms with van der Waals surface area (Å²) in [5.74, 6) is -0.00929. The Bertz CT molecular complexity index is 977. The van der Waals surface area contributed by atoms with E-state index >= 15 is 0 Å². The van der Waals surface area contributed by atoms with Crippen LogP contribution in [0, 0.1) is 0 Å². The highest BCUT2D eigenvalue weighted by molar-refractivity contribution is 6.30. The van der Waals surface area contributed by atoms with Crippen LogP contribution >= 0.6 is 11.6 Å². The van der Waals surface area contributed by atoms with E-state index in [4.69, 9.17) is 21.2 Å². The molecule has 29 heavy (non-hydrogen) atoms. The summed E-state index contributed by atoms with van der Waals surface area (Å²) in [4.78, 5) is 28.4. The number of benzene rings is 3. The van der Waals surface area contributed by atoms with E-state index < -0.39 is 0 Å². The van der Waals surface area contributed by atoms with Crippen LogP contribution in [0.25, 0.3) is 11.1 Å². The number of nitrogens with one attached hydrogen (secondary N) is 1. The van der Waals surface area contributed by atoms with Gasteiger partial charge in [0, 0.05) is 17.1 Å². The van der Waals surface area contributed by atoms with E-state index in [2.05, 4.69) is 54.7 Å². The van der Waals surface area contributed by atoms with Crippen LogP contribution in [0.4, 0.5) is 5.69 Å². The molecule has 0 saturated carbocycles. The van der Waals surface area contributed by atoms with Crippen molar-refractivity contribution in [3.8, 4) is 11.1 Å². The van der Waals surface area contributed by atoms with Crippen LogP contribution in [0.1, 0.15) is 24.5 Å². The molecule has 0 radical (unpaired) electrons. The molecule has 0 bridgehead atoms. The SMILES string of the molecule is CCc1ccc(-c2cccc(CCC(=O)Nc3cccc(Cl)c3)c2)cc1.O=C=O. The molecular weight excluding hydrogens is 386 g/mol. The van der Waals surface area contributed by atoms with Crippen molar-refractivity contribution in [2.75, 3.05) is 5.32 Å². The van der Waals surface area contributed by atoms with Crippen LogP contribution < -0.4 is 5.32 Å². The predicted octanol–water partition coefficient (Wildman–Crippen LogP) is 5.56. The Hall–Kier alpha value is -3.20. The Labute approximate surface area is 175 Å². The second-order valence-corrected chi connectivity index (χ2v) is 6.83. The smallest absolute Gasteiger partial charge is 0.326 e. The first kappa shape index (κ1) is 22.1. The lowest BCUT2D eigenvalue weighted by Gasteiger charge is -2.08. The van der Waals surface area contributed by atoms with E-state index in [1.54, 1.807) is 12.1 Å². The molecule has 0 spiro atoms. The molecule has 3 aromatic rings. The normalized spacial score (nSPS) is 9.72. The van der Waals surface area contributed by atoms with Gasteiger partial charge in [-0.2, -0.15) is 9.59 Å².